The van der Waals surface area contributed by atoms with E-state index in [2.05, 4.69) is 27.2 Å². The van der Waals surface area contributed by atoms with Crippen molar-refractivity contribution in [2.45, 2.75) is 25.4 Å². The smallest absolute Gasteiger partial charge is 0.160 e. The first-order chi connectivity index (χ1) is 8.36. The highest BCUT2D eigenvalue weighted by molar-refractivity contribution is 5.91. The molecule has 2 heterocycles. The maximum Gasteiger partial charge on any atom is 0.160 e. The van der Waals surface area contributed by atoms with Crippen LogP contribution in [0.1, 0.15) is 19.3 Å². The van der Waals surface area contributed by atoms with Crippen LogP contribution in [0.25, 0.3) is 10.8 Å². The van der Waals surface area contributed by atoms with Gasteiger partial charge in [-0.15, -0.1) is 5.10 Å². The molecule has 88 valence electrons. The molecule has 17 heavy (non-hydrogen) atoms. The molecule has 3 rings (SSSR count). The van der Waals surface area contributed by atoms with Gasteiger partial charge >= 0.3 is 0 Å². The monoisotopic (exact) mass is 228 g/mol. The van der Waals surface area contributed by atoms with Gasteiger partial charge in [-0.2, -0.15) is 5.10 Å². The highest BCUT2D eigenvalue weighted by atomic mass is 15.3. The summed E-state index contributed by atoms with van der Waals surface area (Å²) in [7, 11) is 0. The third-order valence-corrected chi connectivity index (χ3v) is 3.37. The zero-order valence-corrected chi connectivity index (χ0v) is 9.71. The van der Waals surface area contributed by atoms with E-state index in [1.54, 1.807) is 6.20 Å². The maximum absolute atomic E-state index is 6.16. The summed E-state index contributed by atoms with van der Waals surface area (Å²) in [5, 5.41) is 10.6. The van der Waals surface area contributed by atoms with Gasteiger partial charge in [0.15, 0.2) is 5.82 Å². The Bertz CT molecular complexity index is 520. The molecule has 1 atom stereocenters. The molecule has 0 amide bonds. The Morgan fingerprint density at radius 3 is 3.00 bits per heavy atom. The lowest BCUT2D eigenvalue weighted by Crippen LogP contribution is -2.46. The van der Waals surface area contributed by atoms with Gasteiger partial charge < -0.3 is 10.6 Å². The van der Waals surface area contributed by atoms with Crippen molar-refractivity contribution >= 4 is 16.6 Å². The first-order valence-corrected chi connectivity index (χ1v) is 6.09. The number of aromatic nitrogens is 2. The molecule has 1 unspecified atom stereocenters. The van der Waals surface area contributed by atoms with Crippen LogP contribution >= 0.6 is 0 Å². The number of rotatable bonds is 1. The highest BCUT2D eigenvalue weighted by Gasteiger charge is 2.21. The predicted molar refractivity (Wildman–Crippen MR) is 68.7 cm³/mol. The normalized spacial score (nSPS) is 20.8. The summed E-state index contributed by atoms with van der Waals surface area (Å²) in [6.07, 6.45) is 5.29. The van der Waals surface area contributed by atoms with Gasteiger partial charge in [0.05, 0.1) is 12.4 Å². The van der Waals surface area contributed by atoms with E-state index < -0.39 is 0 Å². The summed E-state index contributed by atoms with van der Waals surface area (Å²) in [5.41, 5.74) is 6.16. The third kappa shape index (κ3) is 1.85. The summed E-state index contributed by atoms with van der Waals surface area (Å²) in [6, 6.07) is 8.19. The second-order valence-corrected chi connectivity index (χ2v) is 4.51. The summed E-state index contributed by atoms with van der Waals surface area (Å²) in [5.74, 6) is 0.926. The zero-order valence-electron chi connectivity index (χ0n) is 9.71. The second-order valence-electron chi connectivity index (χ2n) is 4.51. The van der Waals surface area contributed by atoms with Crippen LogP contribution in [-0.4, -0.2) is 22.9 Å². The van der Waals surface area contributed by atoms with Crippen molar-refractivity contribution in [1.82, 2.24) is 10.2 Å². The van der Waals surface area contributed by atoms with Gasteiger partial charge in [-0.25, -0.2) is 0 Å². The largest absolute Gasteiger partial charge is 0.339 e. The van der Waals surface area contributed by atoms with Crippen molar-refractivity contribution in [2.75, 3.05) is 11.4 Å². The van der Waals surface area contributed by atoms with Gasteiger partial charge in [0, 0.05) is 17.3 Å². The SMILES string of the molecule is NC1CCCCN1c1nncc2ccccc12. The van der Waals surface area contributed by atoms with E-state index in [1.807, 2.05) is 12.1 Å². The van der Waals surface area contributed by atoms with Crippen LogP contribution in [0.2, 0.25) is 0 Å². The first kappa shape index (κ1) is 10.5. The van der Waals surface area contributed by atoms with Crippen LogP contribution in [0.5, 0.6) is 0 Å². The van der Waals surface area contributed by atoms with Gasteiger partial charge in [-0.05, 0) is 19.3 Å². The number of nitrogens with zero attached hydrogens (tertiary/aromatic N) is 3. The van der Waals surface area contributed by atoms with E-state index in [0.29, 0.717) is 0 Å². The standard InChI is InChI=1S/C13H16N4/c14-12-7-3-4-8-17(12)13-11-6-2-1-5-10(11)9-15-16-13/h1-2,5-6,9,12H,3-4,7-8,14H2. The molecular formula is C13H16N4. The number of piperidine rings is 1. The average Bonchev–Trinajstić information content (AvgIpc) is 2.39. The Hall–Kier alpha value is -1.68. The fourth-order valence-electron chi connectivity index (χ4n) is 2.45. The molecule has 1 saturated heterocycles. The van der Waals surface area contributed by atoms with Gasteiger partial charge in [0.1, 0.15) is 0 Å². The van der Waals surface area contributed by atoms with E-state index >= 15 is 0 Å². The predicted octanol–water partition coefficient (Wildman–Crippen LogP) is 1.90. The molecule has 2 N–H and O–H groups in total. The maximum atomic E-state index is 6.16. The van der Waals surface area contributed by atoms with E-state index in [9.17, 15) is 0 Å². The van der Waals surface area contributed by atoms with Crippen molar-refractivity contribution in [2.24, 2.45) is 5.73 Å². The van der Waals surface area contributed by atoms with E-state index in [4.69, 9.17) is 5.73 Å². The summed E-state index contributed by atoms with van der Waals surface area (Å²) in [6.45, 7) is 0.976. The summed E-state index contributed by atoms with van der Waals surface area (Å²) >= 11 is 0. The number of fused-ring (bicyclic) bond motifs is 1. The molecular weight excluding hydrogens is 212 g/mol. The average molecular weight is 228 g/mol. The highest BCUT2D eigenvalue weighted by Crippen LogP contribution is 2.27. The Labute approximate surface area is 100 Å². The zero-order chi connectivity index (χ0) is 11.7. The van der Waals surface area contributed by atoms with Crippen molar-refractivity contribution in [3.63, 3.8) is 0 Å². The number of anilines is 1. The second kappa shape index (κ2) is 4.30. The molecule has 1 aromatic carbocycles. The molecule has 0 spiro atoms. The van der Waals surface area contributed by atoms with Crippen molar-refractivity contribution in [3.05, 3.63) is 30.5 Å². The molecule has 0 aliphatic carbocycles. The number of benzene rings is 1. The lowest BCUT2D eigenvalue weighted by Gasteiger charge is -2.34. The first-order valence-electron chi connectivity index (χ1n) is 6.09. The van der Waals surface area contributed by atoms with Crippen LogP contribution in [-0.2, 0) is 0 Å². The van der Waals surface area contributed by atoms with Crippen molar-refractivity contribution in [3.8, 4) is 0 Å². The molecule has 1 aromatic heterocycles. The summed E-state index contributed by atoms with van der Waals surface area (Å²) in [4.78, 5) is 2.18. The van der Waals surface area contributed by atoms with Crippen LogP contribution in [0.4, 0.5) is 5.82 Å². The molecule has 1 fully saturated rings. The van der Waals surface area contributed by atoms with E-state index in [1.165, 1.54) is 12.8 Å². The van der Waals surface area contributed by atoms with Crippen LogP contribution in [0.3, 0.4) is 0 Å². The quantitative estimate of drug-likeness (QED) is 0.810. The third-order valence-electron chi connectivity index (χ3n) is 3.37. The number of hydrogen-bond donors (Lipinski definition) is 1. The summed E-state index contributed by atoms with van der Waals surface area (Å²) < 4.78 is 0. The Balaban J connectivity index is 2.10. The minimum absolute atomic E-state index is 0.0730. The molecule has 0 bridgehead atoms. The van der Waals surface area contributed by atoms with Crippen LogP contribution in [0, 0.1) is 0 Å². The Morgan fingerprint density at radius 2 is 2.12 bits per heavy atom. The van der Waals surface area contributed by atoms with Crippen molar-refractivity contribution in [1.29, 1.82) is 0 Å². The molecule has 1 aliphatic rings. The van der Waals surface area contributed by atoms with Gasteiger partial charge in [0.25, 0.3) is 0 Å². The Kier molecular flexibility index (Phi) is 2.65. The van der Waals surface area contributed by atoms with Gasteiger partial charge in [-0.1, -0.05) is 24.3 Å². The van der Waals surface area contributed by atoms with E-state index in [0.717, 1.165) is 29.6 Å². The molecule has 4 nitrogen and oxygen atoms in total. The van der Waals surface area contributed by atoms with Crippen LogP contribution < -0.4 is 10.6 Å². The fraction of sp³-hybridized carbons (Fsp3) is 0.385. The lowest BCUT2D eigenvalue weighted by molar-refractivity contribution is 0.466. The molecule has 2 aromatic rings. The van der Waals surface area contributed by atoms with Crippen molar-refractivity contribution < 1.29 is 0 Å². The Morgan fingerprint density at radius 1 is 1.24 bits per heavy atom. The van der Waals surface area contributed by atoms with Crippen LogP contribution in [0.15, 0.2) is 30.5 Å². The van der Waals surface area contributed by atoms with E-state index in [-0.39, 0.29) is 6.17 Å². The minimum Gasteiger partial charge on any atom is -0.339 e. The molecule has 0 saturated carbocycles. The lowest BCUT2D eigenvalue weighted by atomic mass is 10.1. The van der Waals surface area contributed by atoms with Gasteiger partial charge in [0.2, 0.25) is 0 Å². The topological polar surface area (TPSA) is 55.0 Å². The minimum atomic E-state index is 0.0730. The number of hydrogen-bond acceptors (Lipinski definition) is 4. The molecule has 0 radical (unpaired) electrons. The molecule has 1 aliphatic heterocycles. The van der Waals surface area contributed by atoms with Gasteiger partial charge in [-0.3, -0.25) is 0 Å². The molecule has 4 heteroatoms. The number of nitrogens with two attached hydrogens (primary N) is 1. The fourth-order valence-corrected chi connectivity index (χ4v) is 2.45.